The summed E-state index contributed by atoms with van der Waals surface area (Å²) in [7, 11) is 0. The molecule has 2 aromatic rings. The maximum absolute atomic E-state index is 12.9. The number of ether oxygens (including phenoxy) is 1. The summed E-state index contributed by atoms with van der Waals surface area (Å²) in [4.78, 5) is 15.2. The molecule has 0 radical (unpaired) electrons. The summed E-state index contributed by atoms with van der Waals surface area (Å²) in [5.74, 6) is -0.0843. The van der Waals surface area contributed by atoms with Crippen molar-refractivity contribution in [3.8, 4) is 0 Å². The van der Waals surface area contributed by atoms with Crippen molar-refractivity contribution >= 4 is 29.1 Å². The molecule has 4 rings (SSSR count). The lowest BCUT2D eigenvalue weighted by molar-refractivity contribution is -0.114. The lowest BCUT2D eigenvalue weighted by atomic mass is 10.1. The van der Waals surface area contributed by atoms with Crippen LogP contribution < -0.4 is 9.91 Å². The third-order valence-electron chi connectivity index (χ3n) is 5.23. The van der Waals surface area contributed by atoms with E-state index in [1.165, 1.54) is 16.3 Å². The van der Waals surface area contributed by atoms with Crippen LogP contribution in [0.5, 0.6) is 0 Å². The molecule has 0 N–H and O–H groups in total. The minimum atomic E-state index is -0.0843. The first-order valence-electron chi connectivity index (χ1n) is 9.79. The molecular weight excluding hydrogens is 350 g/mol. The van der Waals surface area contributed by atoms with Crippen molar-refractivity contribution in [3.05, 3.63) is 65.2 Å². The van der Waals surface area contributed by atoms with E-state index in [0.29, 0.717) is 5.57 Å². The van der Waals surface area contributed by atoms with Gasteiger partial charge in [-0.1, -0.05) is 31.2 Å². The highest BCUT2D eigenvalue weighted by Gasteiger charge is 2.28. The van der Waals surface area contributed by atoms with Crippen LogP contribution in [0.1, 0.15) is 25.0 Å². The highest BCUT2D eigenvalue weighted by Crippen LogP contribution is 2.26. The molecule has 0 unspecified atom stereocenters. The molecule has 0 spiro atoms. The van der Waals surface area contributed by atoms with Gasteiger partial charge in [-0.2, -0.15) is 10.1 Å². The molecule has 0 atom stereocenters. The number of aryl methyl sites for hydroxylation is 1. The van der Waals surface area contributed by atoms with E-state index in [1.807, 2.05) is 37.3 Å². The van der Waals surface area contributed by atoms with Gasteiger partial charge in [0.25, 0.3) is 5.91 Å². The molecule has 2 heterocycles. The molecule has 5 nitrogen and oxygen atoms in total. The van der Waals surface area contributed by atoms with E-state index in [-0.39, 0.29) is 5.91 Å². The van der Waals surface area contributed by atoms with Gasteiger partial charge in [-0.3, -0.25) is 4.79 Å². The third-order valence-corrected chi connectivity index (χ3v) is 5.23. The molecule has 28 heavy (non-hydrogen) atoms. The first-order valence-corrected chi connectivity index (χ1v) is 9.79. The fraction of sp³-hybridized carbons (Fsp3) is 0.304. The molecule has 2 aliphatic rings. The second kappa shape index (κ2) is 7.98. The molecule has 0 aromatic heterocycles. The Labute approximate surface area is 165 Å². The molecule has 1 amide bonds. The zero-order valence-corrected chi connectivity index (χ0v) is 16.4. The zero-order valence-electron chi connectivity index (χ0n) is 16.4. The standard InChI is InChI=1S/C23H25N3O2/c1-3-18-4-10-21(11-5-18)26-23(27)22(17(2)24-26)16-19-6-8-20(9-7-19)25-12-14-28-15-13-25/h4-11,16H,3,12-15H2,1-2H3. The number of carbonyl (C=O) groups is 1. The van der Waals surface area contributed by atoms with Crippen LogP contribution in [0.2, 0.25) is 0 Å². The van der Waals surface area contributed by atoms with Crippen LogP contribution in [0.4, 0.5) is 11.4 Å². The second-order valence-corrected chi connectivity index (χ2v) is 7.07. The van der Waals surface area contributed by atoms with Crippen molar-refractivity contribution in [2.75, 3.05) is 36.2 Å². The molecule has 5 heteroatoms. The lowest BCUT2D eigenvalue weighted by Gasteiger charge is -2.28. The van der Waals surface area contributed by atoms with Crippen LogP contribution in [-0.4, -0.2) is 37.9 Å². The smallest absolute Gasteiger partial charge is 0.280 e. The maximum Gasteiger partial charge on any atom is 0.280 e. The molecule has 0 aliphatic carbocycles. The Morgan fingerprint density at radius 1 is 1.00 bits per heavy atom. The lowest BCUT2D eigenvalue weighted by Crippen LogP contribution is -2.36. The van der Waals surface area contributed by atoms with E-state index >= 15 is 0 Å². The van der Waals surface area contributed by atoms with E-state index in [1.54, 1.807) is 0 Å². The number of nitrogens with zero attached hydrogens (tertiary/aromatic N) is 3. The second-order valence-electron chi connectivity index (χ2n) is 7.07. The van der Waals surface area contributed by atoms with Crippen molar-refractivity contribution in [3.63, 3.8) is 0 Å². The molecule has 0 bridgehead atoms. The van der Waals surface area contributed by atoms with E-state index in [4.69, 9.17) is 4.74 Å². The first kappa shape index (κ1) is 18.4. The van der Waals surface area contributed by atoms with Crippen molar-refractivity contribution in [2.45, 2.75) is 20.3 Å². The summed E-state index contributed by atoms with van der Waals surface area (Å²) in [5, 5.41) is 5.96. The quantitative estimate of drug-likeness (QED) is 0.762. The number of carbonyl (C=O) groups excluding carboxylic acids is 1. The highest BCUT2D eigenvalue weighted by atomic mass is 16.5. The summed E-state index contributed by atoms with van der Waals surface area (Å²) < 4.78 is 5.41. The van der Waals surface area contributed by atoms with Gasteiger partial charge >= 0.3 is 0 Å². The average molecular weight is 375 g/mol. The molecule has 1 fully saturated rings. The molecular formula is C23H25N3O2. The number of hydrogen-bond donors (Lipinski definition) is 0. The van der Waals surface area contributed by atoms with Gasteiger partial charge in [-0.05, 0) is 54.8 Å². The van der Waals surface area contributed by atoms with Crippen LogP contribution in [-0.2, 0) is 16.0 Å². The van der Waals surface area contributed by atoms with Crippen molar-refractivity contribution in [1.29, 1.82) is 0 Å². The van der Waals surface area contributed by atoms with E-state index in [2.05, 4.69) is 41.2 Å². The highest BCUT2D eigenvalue weighted by molar-refractivity contribution is 6.32. The summed E-state index contributed by atoms with van der Waals surface area (Å²) in [6.07, 6.45) is 2.90. The maximum atomic E-state index is 12.9. The summed E-state index contributed by atoms with van der Waals surface area (Å²) >= 11 is 0. The fourth-order valence-electron chi connectivity index (χ4n) is 3.50. The number of rotatable bonds is 4. The van der Waals surface area contributed by atoms with E-state index < -0.39 is 0 Å². The Kier molecular flexibility index (Phi) is 5.26. The zero-order chi connectivity index (χ0) is 19.5. The normalized spacial score (nSPS) is 18.7. The Bertz CT molecular complexity index is 908. The summed E-state index contributed by atoms with van der Waals surface area (Å²) in [5.41, 5.74) is 5.60. The monoisotopic (exact) mass is 375 g/mol. The number of hydrogen-bond acceptors (Lipinski definition) is 4. The van der Waals surface area contributed by atoms with Crippen LogP contribution in [0.15, 0.2) is 59.2 Å². The first-order chi connectivity index (χ1) is 13.7. The SMILES string of the molecule is CCc1ccc(N2N=C(C)C(=Cc3ccc(N4CCOCC4)cc3)C2=O)cc1. The number of morpholine rings is 1. The average Bonchev–Trinajstić information content (AvgIpc) is 3.03. The Hall–Kier alpha value is -2.92. The van der Waals surface area contributed by atoms with E-state index in [9.17, 15) is 4.79 Å². The largest absolute Gasteiger partial charge is 0.378 e. The topological polar surface area (TPSA) is 45.1 Å². The number of hydrazone groups is 1. The number of benzene rings is 2. The Morgan fingerprint density at radius 2 is 1.64 bits per heavy atom. The summed E-state index contributed by atoms with van der Waals surface area (Å²) in [6, 6.07) is 16.3. The van der Waals surface area contributed by atoms with Gasteiger partial charge in [-0.25, -0.2) is 0 Å². The Morgan fingerprint density at radius 3 is 2.29 bits per heavy atom. The number of anilines is 2. The predicted molar refractivity (Wildman–Crippen MR) is 114 cm³/mol. The minimum Gasteiger partial charge on any atom is -0.378 e. The predicted octanol–water partition coefficient (Wildman–Crippen LogP) is 3.89. The molecule has 144 valence electrons. The van der Waals surface area contributed by atoms with Crippen LogP contribution in [0.3, 0.4) is 0 Å². The molecule has 2 aliphatic heterocycles. The van der Waals surface area contributed by atoms with Gasteiger partial charge in [0.05, 0.1) is 30.2 Å². The molecule has 1 saturated heterocycles. The number of amides is 1. The van der Waals surface area contributed by atoms with Gasteiger partial charge in [0.1, 0.15) is 0 Å². The van der Waals surface area contributed by atoms with Crippen LogP contribution >= 0.6 is 0 Å². The fourth-order valence-corrected chi connectivity index (χ4v) is 3.50. The van der Waals surface area contributed by atoms with Gasteiger partial charge in [0.2, 0.25) is 0 Å². The van der Waals surface area contributed by atoms with E-state index in [0.717, 1.165) is 49.7 Å². The summed E-state index contributed by atoms with van der Waals surface area (Å²) in [6.45, 7) is 7.36. The Balaban J connectivity index is 1.52. The van der Waals surface area contributed by atoms with Gasteiger partial charge in [0.15, 0.2) is 0 Å². The van der Waals surface area contributed by atoms with Crippen molar-refractivity contribution in [1.82, 2.24) is 0 Å². The van der Waals surface area contributed by atoms with Crippen molar-refractivity contribution in [2.24, 2.45) is 5.10 Å². The van der Waals surface area contributed by atoms with Gasteiger partial charge < -0.3 is 9.64 Å². The molecule has 2 aromatic carbocycles. The third kappa shape index (κ3) is 3.71. The van der Waals surface area contributed by atoms with Crippen LogP contribution in [0.25, 0.3) is 6.08 Å². The minimum absolute atomic E-state index is 0.0843. The molecule has 0 saturated carbocycles. The van der Waals surface area contributed by atoms with Crippen molar-refractivity contribution < 1.29 is 9.53 Å². The van der Waals surface area contributed by atoms with Gasteiger partial charge in [-0.15, -0.1) is 0 Å². The van der Waals surface area contributed by atoms with Gasteiger partial charge in [0, 0.05) is 18.8 Å². The van der Waals surface area contributed by atoms with Crippen LogP contribution in [0, 0.1) is 0 Å².